The van der Waals surface area contributed by atoms with Crippen LogP contribution in [0.15, 0.2) is 58.8 Å². The van der Waals surface area contributed by atoms with Gasteiger partial charge in [-0.25, -0.2) is 0 Å². The fraction of sp³-hybridized carbons (Fsp3) is 0.294. The second-order valence-electron chi connectivity index (χ2n) is 5.66. The Kier molecular flexibility index (Phi) is 3.81. The molecule has 0 saturated carbocycles. The standard InChI is InChI=1S/C17H21N5/c1-20(2)14-11-9-13(10-12-14)18-19-17-15-7-5-6-8-16(15)21(3)22(17)4/h5-12,17H,1-4H3. The van der Waals surface area contributed by atoms with Gasteiger partial charge in [0, 0.05) is 39.4 Å². The number of hydrogen-bond donors (Lipinski definition) is 0. The Hall–Kier alpha value is -2.40. The number of azo groups is 1. The van der Waals surface area contributed by atoms with Crippen LogP contribution in [-0.2, 0) is 0 Å². The zero-order chi connectivity index (χ0) is 15.7. The van der Waals surface area contributed by atoms with Gasteiger partial charge in [-0.1, -0.05) is 18.2 Å². The largest absolute Gasteiger partial charge is 0.378 e. The second kappa shape index (κ2) is 5.77. The van der Waals surface area contributed by atoms with E-state index in [1.54, 1.807) is 0 Å². The highest BCUT2D eigenvalue weighted by Crippen LogP contribution is 2.39. The fourth-order valence-electron chi connectivity index (χ4n) is 2.61. The number of fused-ring (bicyclic) bond motifs is 1. The van der Waals surface area contributed by atoms with Gasteiger partial charge >= 0.3 is 0 Å². The van der Waals surface area contributed by atoms with Gasteiger partial charge in [-0.3, -0.25) is 0 Å². The molecule has 5 heteroatoms. The third kappa shape index (κ3) is 2.55. The maximum absolute atomic E-state index is 4.54. The minimum atomic E-state index is -0.0743. The Balaban J connectivity index is 1.83. The number of hydrogen-bond acceptors (Lipinski definition) is 5. The first-order valence-electron chi connectivity index (χ1n) is 7.31. The summed E-state index contributed by atoms with van der Waals surface area (Å²) in [4.78, 5) is 2.07. The first-order valence-corrected chi connectivity index (χ1v) is 7.31. The molecule has 0 N–H and O–H groups in total. The molecule has 1 atom stereocenters. The van der Waals surface area contributed by atoms with Crippen molar-refractivity contribution in [1.82, 2.24) is 5.01 Å². The predicted octanol–water partition coefficient (Wildman–Crippen LogP) is 3.83. The summed E-state index contributed by atoms with van der Waals surface area (Å²) >= 11 is 0. The molecule has 1 unspecified atom stereocenters. The monoisotopic (exact) mass is 295 g/mol. The highest BCUT2D eigenvalue weighted by atomic mass is 15.7. The number of anilines is 2. The smallest absolute Gasteiger partial charge is 0.167 e. The highest BCUT2D eigenvalue weighted by Gasteiger charge is 2.31. The van der Waals surface area contributed by atoms with Crippen LogP contribution in [-0.4, -0.2) is 33.2 Å². The lowest BCUT2D eigenvalue weighted by Gasteiger charge is -2.23. The fourth-order valence-corrected chi connectivity index (χ4v) is 2.61. The van der Waals surface area contributed by atoms with Gasteiger partial charge in [0.1, 0.15) is 0 Å². The number of para-hydroxylation sites is 1. The van der Waals surface area contributed by atoms with Crippen LogP contribution in [0.2, 0.25) is 0 Å². The lowest BCUT2D eigenvalue weighted by atomic mass is 10.1. The first kappa shape index (κ1) is 14.5. The number of nitrogens with zero attached hydrogens (tertiary/aromatic N) is 5. The summed E-state index contributed by atoms with van der Waals surface area (Å²) in [5.41, 5.74) is 4.38. The van der Waals surface area contributed by atoms with Crippen molar-refractivity contribution in [2.75, 3.05) is 38.1 Å². The topological polar surface area (TPSA) is 34.4 Å². The van der Waals surface area contributed by atoms with E-state index in [9.17, 15) is 0 Å². The van der Waals surface area contributed by atoms with Crippen LogP contribution in [0.5, 0.6) is 0 Å². The summed E-state index contributed by atoms with van der Waals surface area (Å²) < 4.78 is 0. The van der Waals surface area contributed by atoms with Crippen molar-refractivity contribution in [1.29, 1.82) is 0 Å². The molecular weight excluding hydrogens is 274 g/mol. The Morgan fingerprint density at radius 1 is 0.955 bits per heavy atom. The van der Waals surface area contributed by atoms with E-state index in [1.807, 2.05) is 64.6 Å². The maximum Gasteiger partial charge on any atom is 0.167 e. The molecule has 0 bridgehead atoms. The molecule has 0 aliphatic carbocycles. The van der Waals surface area contributed by atoms with E-state index in [4.69, 9.17) is 0 Å². The minimum absolute atomic E-state index is 0.0743. The van der Waals surface area contributed by atoms with E-state index in [0.717, 1.165) is 11.4 Å². The molecule has 1 aliphatic rings. The average Bonchev–Trinajstić information content (AvgIpc) is 2.78. The Morgan fingerprint density at radius 3 is 2.32 bits per heavy atom. The molecule has 1 aliphatic heterocycles. The summed E-state index contributed by atoms with van der Waals surface area (Å²) in [7, 11) is 8.12. The van der Waals surface area contributed by atoms with Gasteiger partial charge in [0.25, 0.3) is 0 Å². The van der Waals surface area contributed by atoms with E-state index in [1.165, 1.54) is 11.3 Å². The number of rotatable bonds is 3. The van der Waals surface area contributed by atoms with Crippen LogP contribution < -0.4 is 9.91 Å². The van der Waals surface area contributed by atoms with Gasteiger partial charge < -0.3 is 9.91 Å². The van der Waals surface area contributed by atoms with Crippen molar-refractivity contribution in [2.24, 2.45) is 10.2 Å². The maximum atomic E-state index is 4.54. The normalized spacial score (nSPS) is 18.0. The Labute approximate surface area is 131 Å². The summed E-state index contributed by atoms with van der Waals surface area (Å²) in [5, 5.41) is 13.1. The van der Waals surface area contributed by atoms with Crippen LogP contribution in [0.1, 0.15) is 11.7 Å². The summed E-state index contributed by atoms with van der Waals surface area (Å²) in [6.45, 7) is 0. The van der Waals surface area contributed by atoms with Crippen LogP contribution >= 0.6 is 0 Å². The van der Waals surface area contributed by atoms with Crippen molar-refractivity contribution < 1.29 is 0 Å². The van der Waals surface area contributed by atoms with Crippen molar-refractivity contribution >= 4 is 17.1 Å². The van der Waals surface area contributed by atoms with Crippen molar-refractivity contribution in [3.63, 3.8) is 0 Å². The zero-order valence-electron chi connectivity index (χ0n) is 13.4. The number of hydrazine groups is 1. The lowest BCUT2D eigenvalue weighted by Crippen LogP contribution is -2.32. The minimum Gasteiger partial charge on any atom is -0.378 e. The van der Waals surface area contributed by atoms with Gasteiger partial charge in [0.05, 0.1) is 11.4 Å². The zero-order valence-corrected chi connectivity index (χ0v) is 13.4. The van der Waals surface area contributed by atoms with Gasteiger partial charge in [-0.15, -0.1) is 0 Å². The van der Waals surface area contributed by atoms with Crippen molar-refractivity contribution in [2.45, 2.75) is 6.17 Å². The van der Waals surface area contributed by atoms with Gasteiger partial charge in [-0.2, -0.15) is 15.2 Å². The second-order valence-corrected chi connectivity index (χ2v) is 5.66. The van der Waals surface area contributed by atoms with Crippen molar-refractivity contribution in [3.8, 4) is 0 Å². The van der Waals surface area contributed by atoms with E-state index < -0.39 is 0 Å². The lowest BCUT2D eigenvalue weighted by molar-refractivity contribution is 0.263. The SMILES string of the molecule is CN(C)c1ccc(N=NC2c3ccccc3N(C)N2C)cc1. The molecule has 0 amide bonds. The summed E-state index contributed by atoms with van der Waals surface area (Å²) in [5.74, 6) is 0. The van der Waals surface area contributed by atoms with Crippen LogP contribution in [0.4, 0.5) is 17.1 Å². The molecule has 2 aromatic carbocycles. The Morgan fingerprint density at radius 2 is 1.64 bits per heavy atom. The quantitative estimate of drug-likeness (QED) is 0.807. The molecule has 0 fully saturated rings. The molecule has 0 spiro atoms. The molecule has 2 aromatic rings. The van der Waals surface area contributed by atoms with Crippen LogP contribution in [0.25, 0.3) is 0 Å². The number of benzene rings is 2. The van der Waals surface area contributed by atoms with Gasteiger partial charge in [0.15, 0.2) is 6.17 Å². The third-order valence-corrected chi connectivity index (χ3v) is 4.04. The van der Waals surface area contributed by atoms with Crippen molar-refractivity contribution in [3.05, 3.63) is 54.1 Å². The predicted molar refractivity (Wildman–Crippen MR) is 90.6 cm³/mol. The summed E-state index contributed by atoms with van der Waals surface area (Å²) in [6, 6.07) is 16.4. The Bertz CT molecular complexity index is 678. The highest BCUT2D eigenvalue weighted by molar-refractivity contribution is 5.57. The van der Waals surface area contributed by atoms with Gasteiger partial charge in [0.2, 0.25) is 0 Å². The molecule has 0 radical (unpaired) electrons. The third-order valence-electron chi connectivity index (χ3n) is 4.04. The van der Waals surface area contributed by atoms with E-state index >= 15 is 0 Å². The molecular formula is C17H21N5. The molecule has 114 valence electrons. The van der Waals surface area contributed by atoms with Crippen LogP contribution in [0, 0.1) is 0 Å². The molecule has 5 nitrogen and oxygen atoms in total. The van der Waals surface area contributed by atoms with E-state index in [2.05, 4.69) is 37.3 Å². The van der Waals surface area contributed by atoms with E-state index in [0.29, 0.717) is 0 Å². The molecule has 3 rings (SSSR count). The first-order chi connectivity index (χ1) is 10.6. The molecule has 0 saturated heterocycles. The van der Waals surface area contributed by atoms with Gasteiger partial charge in [-0.05, 0) is 30.3 Å². The molecule has 0 aromatic heterocycles. The average molecular weight is 295 g/mol. The molecule has 22 heavy (non-hydrogen) atoms. The molecule has 1 heterocycles. The van der Waals surface area contributed by atoms with Crippen LogP contribution in [0.3, 0.4) is 0 Å². The summed E-state index contributed by atoms with van der Waals surface area (Å²) in [6.07, 6.45) is -0.0743. The van der Waals surface area contributed by atoms with E-state index in [-0.39, 0.29) is 6.17 Å².